The van der Waals surface area contributed by atoms with Gasteiger partial charge >= 0.3 is 0 Å². The second-order valence-corrected chi connectivity index (χ2v) is 6.06. The van der Waals surface area contributed by atoms with Crippen molar-refractivity contribution in [2.24, 2.45) is 0 Å². The third kappa shape index (κ3) is 2.22. The lowest BCUT2D eigenvalue weighted by atomic mass is 9.91. The molecule has 0 fully saturated rings. The molecule has 0 spiro atoms. The molecule has 2 aromatic heterocycles. The van der Waals surface area contributed by atoms with Gasteiger partial charge in [-0.05, 0) is 44.4 Å². The van der Waals surface area contributed by atoms with E-state index in [0.29, 0.717) is 6.04 Å². The number of aromatic nitrogens is 2. The Bertz CT molecular complexity index is 541. The normalized spacial score (nSPS) is 18.9. The van der Waals surface area contributed by atoms with E-state index in [-0.39, 0.29) is 0 Å². The molecular formula is C14H19N3S. The van der Waals surface area contributed by atoms with E-state index in [2.05, 4.69) is 46.6 Å². The fourth-order valence-corrected chi connectivity index (χ4v) is 3.41. The molecule has 1 aliphatic carbocycles. The predicted molar refractivity (Wildman–Crippen MR) is 75.1 cm³/mol. The number of nitrogens with zero attached hydrogens (tertiary/aromatic N) is 2. The Hall–Kier alpha value is -1.13. The first-order valence-corrected chi connectivity index (χ1v) is 7.41. The SMILES string of the molecule is CNC1CCCc2cn(Cc3csc(C)n3)cc21. The van der Waals surface area contributed by atoms with Gasteiger partial charge in [-0.25, -0.2) is 4.98 Å². The van der Waals surface area contributed by atoms with E-state index in [1.807, 2.05) is 0 Å². The van der Waals surface area contributed by atoms with Crippen LogP contribution in [0.1, 0.15) is 40.7 Å². The first-order chi connectivity index (χ1) is 8.76. The van der Waals surface area contributed by atoms with E-state index in [0.717, 1.165) is 11.6 Å². The Balaban J connectivity index is 1.84. The number of hydrogen-bond donors (Lipinski definition) is 1. The minimum Gasteiger partial charge on any atom is -0.348 e. The van der Waals surface area contributed by atoms with E-state index in [1.165, 1.54) is 36.1 Å². The summed E-state index contributed by atoms with van der Waals surface area (Å²) in [4.78, 5) is 4.53. The molecule has 3 rings (SSSR count). The van der Waals surface area contributed by atoms with Gasteiger partial charge in [0.2, 0.25) is 0 Å². The van der Waals surface area contributed by atoms with Crippen molar-refractivity contribution in [3.05, 3.63) is 39.6 Å². The fraction of sp³-hybridized carbons (Fsp3) is 0.500. The van der Waals surface area contributed by atoms with Crippen molar-refractivity contribution in [1.29, 1.82) is 0 Å². The lowest BCUT2D eigenvalue weighted by molar-refractivity contribution is 0.498. The van der Waals surface area contributed by atoms with Gasteiger partial charge in [-0.15, -0.1) is 11.3 Å². The second-order valence-electron chi connectivity index (χ2n) is 5.00. The Morgan fingerprint density at radius 2 is 2.39 bits per heavy atom. The zero-order valence-corrected chi connectivity index (χ0v) is 11.8. The zero-order valence-electron chi connectivity index (χ0n) is 10.9. The maximum atomic E-state index is 4.53. The second kappa shape index (κ2) is 4.86. The van der Waals surface area contributed by atoms with Crippen molar-refractivity contribution in [1.82, 2.24) is 14.9 Å². The number of fused-ring (bicyclic) bond motifs is 1. The molecule has 0 saturated heterocycles. The summed E-state index contributed by atoms with van der Waals surface area (Å²) in [6.07, 6.45) is 8.36. The number of nitrogens with one attached hydrogen (secondary N) is 1. The van der Waals surface area contributed by atoms with Gasteiger partial charge in [0.25, 0.3) is 0 Å². The smallest absolute Gasteiger partial charge is 0.0898 e. The molecule has 2 heterocycles. The number of rotatable bonds is 3. The third-order valence-corrected chi connectivity index (χ3v) is 4.49. The summed E-state index contributed by atoms with van der Waals surface area (Å²) in [6, 6.07) is 0.534. The predicted octanol–water partition coefficient (Wildman–Crippen LogP) is 2.90. The van der Waals surface area contributed by atoms with Crippen LogP contribution in [-0.4, -0.2) is 16.6 Å². The van der Waals surface area contributed by atoms with Crippen molar-refractivity contribution >= 4 is 11.3 Å². The van der Waals surface area contributed by atoms with Crippen LogP contribution >= 0.6 is 11.3 Å². The number of hydrogen-bond acceptors (Lipinski definition) is 3. The number of thiazole rings is 1. The van der Waals surface area contributed by atoms with Crippen molar-refractivity contribution in [3.8, 4) is 0 Å². The van der Waals surface area contributed by atoms with E-state index >= 15 is 0 Å². The van der Waals surface area contributed by atoms with Gasteiger partial charge in [0.15, 0.2) is 0 Å². The molecule has 0 amide bonds. The molecule has 0 saturated carbocycles. The molecule has 1 N–H and O–H groups in total. The first kappa shape index (κ1) is 11.9. The monoisotopic (exact) mass is 261 g/mol. The minimum atomic E-state index is 0.534. The highest BCUT2D eigenvalue weighted by atomic mass is 32.1. The van der Waals surface area contributed by atoms with Gasteiger partial charge in [-0.1, -0.05) is 0 Å². The largest absolute Gasteiger partial charge is 0.348 e. The molecule has 0 aromatic carbocycles. The maximum Gasteiger partial charge on any atom is 0.0898 e. The van der Waals surface area contributed by atoms with E-state index in [4.69, 9.17) is 0 Å². The van der Waals surface area contributed by atoms with Crippen LogP contribution in [0.25, 0.3) is 0 Å². The Morgan fingerprint density at radius 1 is 1.50 bits per heavy atom. The highest BCUT2D eigenvalue weighted by molar-refractivity contribution is 7.09. The van der Waals surface area contributed by atoms with Gasteiger partial charge in [-0.2, -0.15) is 0 Å². The van der Waals surface area contributed by atoms with E-state index in [1.54, 1.807) is 11.3 Å². The van der Waals surface area contributed by atoms with Crippen LogP contribution in [0.2, 0.25) is 0 Å². The Kier molecular flexibility index (Phi) is 3.22. The molecule has 1 unspecified atom stereocenters. The van der Waals surface area contributed by atoms with Gasteiger partial charge in [0.1, 0.15) is 0 Å². The van der Waals surface area contributed by atoms with Crippen LogP contribution in [0.4, 0.5) is 0 Å². The number of aryl methyl sites for hydroxylation is 2. The quantitative estimate of drug-likeness (QED) is 0.920. The third-order valence-electron chi connectivity index (χ3n) is 3.67. The molecule has 3 nitrogen and oxygen atoms in total. The molecule has 0 bridgehead atoms. The highest BCUT2D eigenvalue weighted by Crippen LogP contribution is 2.30. The average molecular weight is 261 g/mol. The fourth-order valence-electron chi connectivity index (χ4n) is 2.81. The summed E-state index contributed by atoms with van der Waals surface area (Å²) in [5.41, 5.74) is 4.16. The van der Waals surface area contributed by atoms with Crippen molar-refractivity contribution in [2.45, 2.75) is 38.8 Å². The van der Waals surface area contributed by atoms with E-state index < -0.39 is 0 Å². The summed E-state index contributed by atoms with van der Waals surface area (Å²) >= 11 is 1.73. The molecule has 1 aliphatic rings. The lowest BCUT2D eigenvalue weighted by Crippen LogP contribution is -2.20. The lowest BCUT2D eigenvalue weighted by Gasteiger charge is -2.21. The molecule has 18 heavy (non-hydrogen) atoms. The standard InChI is InChI=1S/C14H19N3S/c1-10-16-12(9-18-10)7-17-6-11-4-3-5-14(15-2)13(11)8-17/h6,8-9,14-15H,3-5,7H2,1-2H3. The minimum absolute atomic E-state index is 0.534. The molecule has 0 radical (unpaired) electrons. The van der Waals surface area contributed by atoms with Crippen molar-refractivity contribution in [2.75, 3.05) is 7.05 Å². The average Bonchev–Trinajstić information content (AvgIpc) is 2.94. The van der Waals surface area contributed by atoms with Gasteiger partial charge in [-0.3, -0.25) is 0 Å². The summed E-state index contributed by atoms with van der Waals surface area (Å²) in [7, 11) is 2.06. The van der Waals surface area contributed by atoms with Gasteiger partial charge < -0.3 is 9.88 Å². The van der Waals surface area contributed by atoms with Crippen LogP contribution in [-0.2, 0) is 13.0 Å². The summed E-state index contributed by atoms with van der Waals surface area (Å²) < 4.78 is 2.29. The molecule has 0 aliphatic heterocycles. The van der Waals surface area contributed by atoms with E-state index in [9.17, 15) is 0 Å². The van der Waals surface area contributed by atoms with Crippen LogP contribution in [0, 0.1) is 6.92 Å². The topological polar surface area (TPSA) is 29.9 Å². The summed E-state index contributed by atoms with van der Waals surface area (Å²) in [5.74, 6) is 0. The molecule has 1 atom stereocenters. The zero-order chi connectivity index (χ0) is 12.5. The van der Waals surface area contributed by atoms with Crippen LogP contribution in [0.15, 0.2) is 17.8 Å². The maximum absolute atomic E-state index is 4.53. The van der Waals surface area contributed by atoms with Crippen LogP contribution in [0.3, 0.4) is 0 Å². The van der Waals surface area contributed by atoms with Crippen molar-refractivity contribution < 1.29 is 0 Å². The molecule has 2 aromatic rings. The van der Waals surface area contributed by atoms with Crippen molar-refractivity contribution in [3.63, 3.8) is 0 Å². The summed E-state index contributed by atoms with van der Waals surface area (Å²) in [5, 5.41) is 6.72. The molecule has 4 heteroatoms. The highest BCUT2D eigenvalue weighted by Gasteiger charge is 2.20. The molecule has 96 valence electrons. The first-order valence-electron chi connectivity index (χ1n) is 6.53. The Labute approximate surface area is 112 Å². The van der Waals surface area contributed by atoms with Crippen LogP contribution in [0.5, 0.6) is 0 Å². The Morgan fingerprint density at radius 3 is 3.11 bits per heavy atom. The van der Waals surface area contributed by atoms with Crippen LogP contribution < -0.4 is 5.32 Å². The van der Waals surface area contributed by atoms with Gasteiger partial charge in [0.05, 0.1) is 17.2 Å². The summed E-state index contributed by atoms with van der Waals surface area (Å²) in [6.45, 7) is 2.96. The van der Waals surface area contributed by atoms with Gasteiger partial charge in [0, 0.05) is 23.8 Å². The molecular weight excluding hydrogens is 242 g/mol.